The molecule has 8 heteroatoms. The number of halogens is 1. The highest BCUT2D eigenvalue weighted by atomic mass is 79.9. The Balaban J connectivity index is 2.04. The Morgan fingerprint density at radius 3 is 2.74 bits per heavy atom. The quantitative estimate of drug-likeness (QED) is 0.612. The topological polar surface area (TPSA) is 80.3 Å². The lowest BCUT2D eigenvalue weighted by Crippen LogP contribution is -2.47. The van der Waals surface area contributed by atoms with E-state index >= 15 is 0 Å². The fourth-order valence-electron chi connectivity index (χ4n) is 2.43. The second-order valence-electron chi connectivity index (χ2n) is 5.68. The third kappa shape index (κ3) is 6.25. The largest absolute Gasteiger partial charge is 0.481 e. The number of aromatic nitrogens is 1. The van der Waals surface area contributed by atoms with Gasteiger partial charge >= 0.3 is 0 Å². The third-order valence-corrected chi connectivity index (χ3v) is 5.18. The fraction of sp³-hybridized carbons (Fsp3) is 0.316. The summed E-state index contributed by atoms with van der Waals surface area (Å²) < 4.78 is 5.88. The molecule has 2 aromatic rings. The summed E-state index contributed by atoms with van der Waals surface area (Å²) in [6.45, 7) is 0.274. The number of nitrogens with one attached hydrogen (secondary N) is 2. The average Bonchev–Trinajstić information content (AvgIpc) is 2.69. The number of hydrogen-bond acceptors (Lipinski definition) is 5. The smallest absolute Gasteiger partial charge is 0.253 e. The van der Waals surface area contributed by atoms with Gasteiger partial charge < -0.3 is 15.4 Å². The molecule has 0 saturated heterocycles. The Bertz CT molecular complexity index is 788. The lowest BCUT2D eigenvalue weighted by molar-refractivity contribution is -0.123. The standard InChI is InChI=1S/C19H22BrN3O3S/c1-26-19-13(6-5-10-21-19)12-22-18(25)16(9-11-27-2)23-17(24)14-7-3-4-8-15(14)20/h3-8,10,16H,9,11-12H2,1-2H3,(H,22,25)(H,23,24). The first-order valence-corrected chi connectivity index (χ1v) is 10.6. The van der Waals surface area contributed by atoms with E-state index in [0.29, 0.717) is 22.3 Å². The number of nitrogens with zero attached hydrogens (tertiary/aromatic N) is 1. The number of methoxy groups -OCH3 is 1. The molecule has 0 aliphatic carbocycles. The Kier molecular flexibility index (Phi) is 8.60. The predicted molar refractivity (Wildman–Crippen MR) is 111 cm³/mol. The maximum atomic E-state index is 12.7. The molecular formula is C19H22BrN3O3S. The summed E-state index contributed by atoms with van der Waals surface area (Å²) in [5, 5.41) is 5.69. The Morgan fingerprint density at radius 1 is 1.26 bits per heavy atom. The molecule has 0 spiro atoms. The molecule has 0 fully saturated rings. The van der Waals surface area contributed by atoms with E-state index < -0.39 is 6.04 Å². The van der Waals surface area contributed by atoms with Crippen LogP contribution < -0.4 is 15.4 Å². The van der Waals surface area contributed by atoms with Gasteiger partial charge in [0.2, 0.25) is 11.8 Å². The highest BCUT2D eigenvalue weighted by Crippen LogP contribution is 2.16. The molecular weight excluding hydrogens is 430 g/mol. The van der Waals surface area contributed by atoms with Crippen molar-refractivity contribution in [3.63, 3.8) is 0 Å². The van der Waals surface area contributed by atoms with E-state index in [2.05, 4.69) is 31.5 Å². The molecule has 2 rings (SSSR count). The lowest BCUT2D eigenvalue weighted by Gasteiger charge is -2.19. The molecule has 1 atom stereocenters. The summed E-state index contributed by atoms with van der Waals surface area (Å²) in [6, 6.07) is 10.1. The molecule has 1 aromatic heterocycles. The van der Waals surface area contributed by atoms with Crippen molar-refractivity contribution in [2.24, 2.45) is 0 Å². The number of rotatable bonds is 9. The van der Waals surface area contributed by atoms with Crippen LogP contribution in [0.3, 0.4) is 0 Å². The summed E-state index contributed by atoms with van der Waals surface area (Å²) in [5.74, 6) is 0.693. The van der Waals surface area contributed by atoms with E-state index in [1.807, 2.05) is 18.4 Å². The van der Waals surface area contributed by atoms with Crippen molar-refractivity contribution in [1.29, 1.82) is 0 Å². The molecule has 1 aromatic carbocycles. The first-order valence-electron chi connectivity index (χ1n) is 8.36. The van der Waals surface area contributed by atoms with Crippen molar-refractivity contribution < 1.29 is 14.3 Å². The lowest BCUT2D eigenvalue weighted by atomic mass is 10.1. The molecule has 0 aliphatic heterocycles. The number of ether oxygens (including phenoxy) is 1. The van der Waals surface area contributed by atoms with Crippen LogP contribution in [0.5, 0.6) is 5.88 Å². The fourth-order valence-corrected chi connectivity index (χ4v) is 3.37. The zero-order valence-electron chi connectivity index (χ0n) is 15.2. The van der Waals surface area contributed by atoms with Gasteiger partial charge in [-0.1, -0.05) is 18.2 Å². The van der Waals surface area contributed by atoms with Crippen LogP contribution in [0.15, 0.2) is 47.1 Å². The van der Waals surface area contributed by atoms with Crippen LogP contribution in [-0.2, 0) is 11.3 Å². The SMILES string of the molecule is COc1ncccc1CNC(=O)C(CCSC)NC(=O)c1ccccc1Br. The first kappa shape index (κ1) is 21.2. The minimum Gasteiger partial charge on any atom is -0.481 e. The molecule has 1 heterocycles. The monoisotopic (exact) mass is 451 g/mol. The van der Waals surface area contributed by atoms with Crippen molar-refractivity contribution in [2.75, 3.05) is 19.1 Å². The van der Waals surface area contributed by atoms with Crippen molar-refractivity contribution >= 4 is 39.5 Å². The van der Waals surface area contributed by atoms with Crippen LogP contribution in [0.2, 0.25) is 0 Å². The second kappa shape index (κ2) is 10.9. The highest BCUT2D eigenvalue weighted by Gasteiger charge is 2.22. The molecule has 2 N–H and O–H groups in total. The van der Waals surface area contributed by atoms with Gasteiger partial charge in [0.15, 0.2) is 0 Å². The van der Waals surface area contributed by atoms with Gasteiger partial charge in [0.1, 0.15) is 6.04 Å². The molecule has 2 amide bonds. The van der Waals surface area contributed by atoms with Crippen molar-refractivity contribution in [3.8, 4) is 5.88 Å². The predicted octanol–water partition coefficient (Wildman–Crippen LogP) is 3.02. The number of benzene rings is 1. The normalized spacial score (nSPS) is 11.5. The minimum absolute atomic E-state index is 0.240. The number of pyridine rings is 1. The summed E-state index contributed by atoms with van der Waals surface area (Å²) in [7, 11) is 1.53. The van der Waals surface area contributed by atoms with Crippen LogP contribution in [0.25, 0.3) is 0 Å². The van der Waals surface area contributed by atoms with E-state index in [9.17, 15) is 9.59 Å². The van der Waals surface area contributed by atoms with E-state index in [-0.39, 0.29) is 18.4 Å². The van der Waals surface area contributed by atoms with Gasteiger partial charge in [-0.2, -0.15) is 11.8 Å². The summed E-state index contributed by atoms with van der Waals surface area (Å²) in [6.07, 6.45) is 4.13. The molecule has 0 aliphatic rings. The zero-order chi connectivity index (χ0) is 19.6. The number of amides is 2. The van der Waals surface area contributed by atoms with Crippen LogP contribution in [0.1, 0.15) is 22.3 Å². The van der Waals surface area contributed by atoms with Gasteiger partial charge in [-0.3, -0.25) is 9.59 Å². The van der Waals surface area contributed by atoms with Gasteiger partial charge in [-0.05, 0) is 52.6 Å². The number of carbonyl (C=O) groups is 2. The number of carbonyl (C=O) groups excluding carboxylic acids is 2. The zero-order valence-corrected chi connectivity index (χ0v) is 17.6. The van der Waals surface area contributed by atoms with Crippen molar-refractivity contribution in [3.05, 3.63) is 58.2 Å². The first-order chi connectivity index (χ1) is 13.1. The highest BCUT2D eigenvalue weighted by molar-refractivity contribution is 9.10. The Morgan fingerprint density at radius 2 is 2.04 bits per heavy atom. The van der Waals surface area contributed by atoms with E-state index in [0.717, 1.165) is 11.3 Å². The van der Waals surface area contributed by atoms with Crippen LogP contribution in [-0.4, -0.2) is 42.0 Å². The average molecular weight is 452 g/mol. The Hall–Kier alpha value is -2.06. The van der Waals surface area contributed by atoms with Gasteiger partial charge in [-0.25, -0.2) is 4.98 Å². The molecule has 144 valence electrons. The maximum Gasteiger partial charge on any atom is 0.253 e. The number of hydrogen-bond donors (Lipinski definition) is 2. The molecule has 0 saturated carbocycles. The van der Waals surface area contributed by atoms with E-state index in [1.165, 1.54) is 7.11 Å². The van der Waals surface area contributed by atoms with Gasteiger partial charge in [0.05, 0.1) is 12.7 Å². The third-order valence-electron chi connectivity index (χ3n) is 3.85. The van der Waals surface area contributed by atoms with Crippen LogP contribution in [0, 0.1) is 0 Å². The van der Waals surface area contributed by atoms with Gasteiger partial charge in [0, 0.05) is 22.8 Å². The van der Waals surface area contributed by atoms with Crippen molar-refractivity contribution in [1.82, 2.24) is 15.6 Å². The molecule has 6 nitrogen and oxygen atoms in total. The molecule has 1 unspecified atom stereocenters. The van der Waals surface area contributed by atoms with E-state index in [1.54, 1.807) is 42.2 Å². The maximum absolute atomic E-state index is 12.7. The van der Waals surface area contributed by atoms with Gasteiger partial charge in [0.25, 0.3) is 5.91 Å². The summed E-state index contributed by atoms with van der Waals surface area (Å²) >= 11 is 4.99. The second-order valence-corrected chi connectivity index (χ2v) is 7.52. The Labute approximate surface area is 171 Å². The molecule has 0 radical (unpaired) electrons. The molecule has 27 heavy (non-hydrogen) atoms. The van der Waals surface area contributed by atoms with Crippen LogP contribution >= 0.6 is 27.7 Å². The minimum atomic E-state index is -0.625. The summed E-state index contributed by atoms with van der Waals surface area (Å²) in [5.41, 5.74) is 1.27. The molecule has 0 bridgehead atoms. The van der Waals surface area contributed by atoms with Crippen LogP contribution in [0.4, 0.5) is 0 Å². The van der Waals surface area contributed by atoms with Gasteiger partial charge in [-0.15, -0.1) is 0 Å². The summed E-state index contributed by atoms with van der Waals surface area (Å²) in [4.78, 5) is 29.3. The number of thioether (sulfide) groups is 1. The van der Waals surface area contributed by atoms with E-state index in [4.69, 9.17) is 4.74 Å². The van der Waals surface area contributed by atoms with Crippen molar-refractivity contribution in [2.45, 2.75) is 19.0 Å².